The van der Waals surface area contributed by atoms with E-state index in [1.54, 1.807) is 23.8 Å². The van der Waals surface area contributed by atoms with E-state index >= 15 is 0 Å². The lowest BCUT2D eigenvalue weighted by atomic mass is 9.71. The van der Waals surface area contributed by atoms with E-state index in [-0.39, 0.29) is 17.2 Å². The molecule has 2 saturated heterocycles. The van der Waals surface area contributed by atoms with Crippen LogP contribution in [-0.2, 0) is 19.6 Å². The van der Waals surface area contributed by atoms with Crippen molar-refractivity contribution in [3.05, 3.63) is 18.2 Å². The highest BCUT2D eigenvalue weighted by Gasteiger charge is 2.50. The average molecular weight is 479 g/mol. The second-order valence-corrected chi connectivity index (χ2v) is 9.72. The van der Waals surface area contributed by atoms with Gasteiger partial charge < -0.3 is 14.7 Å². The molecule has 32 heavy (non-hydrogen) atoms. The zero-order chi connectivity index (χ0) is 24.2. The minimum Gasteiger partial charge on any atom is -0.475 e. The van der Waals surface area contributed by atoms with Gasteiger partial charge in [0.25, 0.3) is 0 Å². The summed E-state index contributed by atoms with van der Waals surface area (Å²) < 4.78 is 62.7. The Hall–Kier alpha value is -2.50. The summed E-state index contributed by atoms with van der Waals surface area (Å²) in [4.78, 5) is 19.1. The van der Waals surface area contributed by atoms with E-state index in [2.05, 4.69) is 14.9 Å². The minimum absolute atomic E-state index is 0.0386. The molecule has 1 atom stereocenters. The van der Waals surface area contributed by atoms with Gasteiger partial charge in [-0.1, -0.05) is 0 Å². The van der Waals surface area contributed by atoms with E-state index in [9.17, 15) is 21.6 Å². The molecule has 0 bridgehead atoms. The summed E-state index contributed by atoms with van der Waals surface area (Å²) in [5.74, 6) is -2.38. The van der Waals surface area contributed by atoms with E-state index in [1.807, 2.05) is 6.07 Å². The number of ether oxygens (including phenoxy) is 1. The lowest BCUT2D eigenvalue weighted by Crippen LogP contribution is -2.45. The standard InChI is InChI=1S/C16H23N5O3S.C2HF3O2/c1-24-11-13-10-21(25(2,22)23)12-16(13)3-5-20(6-4-16)14-8-18-15(7-17)19-9-14;3-2(4,5)1(6)7/h8-9,13H,3-6,10-12H2,1-2H3;(H,6,7). The molecule has 0 aliphatic carbocycles. The number of carboxylic acids is 1. The molecule has 2 aliphatic rings. The molecule has 14 heteroatoms. The second kappa shape index (κ2) is 9.97. The number of aliphatic carboxylic acids is 1. The largest absolute Gasteiger partial charge is 0.490 e. The highest BCUT2D eigenvalue weighted by molar-refractivity contribution is 7.88. The fourth-order valence-electron chi connectivity index (χ4n) is 3.99. The average Bonchev–Trinajstić information content (AvgIpc) is 3.07. The van der Waals surface area contributed by atoms with Gasteiger partial charge in [0.05, 0.1) is 30.9 Å². The van der Waals surface area contributed by atoms with Crippen LogP contribution in [0.5, 0.6) is 0 Å². The maximum atomic E-state index is 12.0. The van der Waals surface area contributed by atoms with Gasteiger partial charge in [0.1, 0.15) is 6.07 Å². The maximum absolute atomic E-state index is 12.0. The van der Waals surface area contributed by atoms with Crippen molar-refractivity contribution in [2.24, 2.45) is 11.3 Å². The number of carboxylic acid groups (broad SMARTS) is 1. The first-order chi connectivity index (χ1) is 14.8. The number of methoxy groups -OCH3 is 1. The lowest BCUT2D eigenvalue weighted by Gasteiger charge is -2.43. The Morgan fingerprint density at radius 2 is 1.88 bits per heavy atom. The number of sulfonamides is 1. The normalized spacial score (nSPS) is 21.0. The molecule has 1 unspecified atom stereocenters. The van der Waals surface area contributed by atoms with E-state index in [0.717, 1.165) is 31.6 Å². The third kappa shape index (κ3) is 6.27. The third-order valence-corrected chi connectivity index (χ3v) is 6.94. The third-order valence-electron chi connectivity index (χ3n) is 5.72. The monoisotopic (exact) mass is 479 g/mol. The van der Waals surface area contributed by atoms with Crippen molar-refractivity contribution in [1.29, 1.82) is 5.26 Å². The second-order valence-electron chi connectivity index (χ2n) is 7.74. The number of alkyl halides is 3. The molecule has 178 valence electrons. The van der Waals surface area contributed by atoms with Crippen molar-refractivity contribution >= 4 is 21.7 Å². The number of piperidine rings is 1. The number of hydrogen-bond acceptors (Lipinski definition) is 8. The Morgan fingerprint density at radius 1 is 1.34 bits per heavy atom. The van der Waals surface area contributed by atoms with Gasteiger partial charge in [-0.3, -0.25) is 0 Å². The van der Waals surface area contributed by atoms with Gasteiger partial charge in [-0.2, -0.15) is 18.4 Å². The van der Waals surface area contributed by atoms with Crippen LogP contribution in [0.1, 0.15) is 18.7 Å². The van der Waals surface area contributed by atoms with E-state index in [1.165, 1.54) is 6.26 Å². The van der Waals surface area contributed by atoms with Gasteiger partial charge in [0, 0.05) is 39.2 Å². The summed E-state index contributed by atoms with van der Waals surface area (Å²) in [6, 6.07) is 1.92. The summed E-state index contributed by atoms with van der Waals surface area (Å²) in [7, 11) is -1.52. The first-order valence-electron chi connectivity index (χ1n) is 9.53. The van der Waals surface area contributed by atoms with Gasteiger partial charge in [0.2, 0.25) is 15.8 Å². The molecule has 3 heterocycles. The molecular weight excluding hydrogens is 455 g/mol. The van der Waals surface area contributed by atoms with Crippen molar-refractivity contribution in [1.82, 2.24) is 14.3 Å². The van der Waals surface area contributed by atoms with Crippen LogP contribution in [0.2, 0.25) is 0 Å². The smallest absolute Gasteiger partial charge is 0.475 e. The Labute approximate surface area is 183 Å². The number of aromatic nitrogens is 2. The number of anilines is 1. The van der Waals surface area contributed by atoms with Crippen LogP contribution in [0.3, 0.4) is 0 Å². The molecule has 3 rings (SSSR count). The van der Waals surface area contributed by atoms with E-state index in [4.69, 9.17) is 19.9 Å². The van der Waals surface area contributed by atoms with Crippen LogP contribution in [0.15, 0.2) is 12.4 Å². The summed E-state index contributed by atoms with van der Waals surface area (Å²) in [5, 5.41) is 15.9. The lowest BCUT2D eigenvalue weighted by molar-refractivity contribution is -0.192. The SMILES string of the molecule is COCC1CN(S(C)(=O)=O)CC12CCN(c1cnc(C#N)nc1)CC2.O=C(O)C(F)(F)F. The number of rotatable bonds is 4. The molecule has 2 aliphatic heterocycles. The first-order valence-corrected chi connectivity index (χ1v) is 11.4. The van der Waals surface area contributed by atoms with Crippen LogP contribution < -0.4 is 4.90 Å². The number of nitrogens with zero attached hydrogens (tertiary/aromatic N) is 5. The Bertz CT molecular complexity index is 941. The number of halogens is 3. The Morgan fingerprint density at radius 3 is 2.28 bits per heavy atom. The molecule has 0 aromatic carbocycles. The summed E-state index contributed by atoms with van der Waals surface area (Å²) in [6.45, 7) is 3.30. The molecule has 1 aromatic rings. The van der Waals surface area contributed by atoms with Crippen molar-refractivity contribution in [2.45, 2.75) is 19.0 Å². The van der Waals surface area contributed by atoms with E-state index in [0.29, 0.717) is 19.7 Å². The molecule has 0 saturated carbocycles. The molecule has 2 fully saturated rings. The molecule has 1 spiro atoms. The van der Waals surface area contributed by atoms with Crippen LogP contribution in [0, 0.1) is 22.7 Å². The molecular formula is C18H24F3N5O5S. The van der Waals surface area contributed by atoms with Crippen LogP contribution in [0.4, 0.5) is 18.9 Å². The van der Waals surface area contributed by atoms with Gasteiger partial charge in [-0.05, 0) is 18.3 Å². The maximum Gasteiger partial charge on any atom is 0.490 e. The number of nitriles is 1. The van der Waals surface area contributed by atoms with Crippen LogP contribution >= 0.6 is 0 Å². The quantitative estimate of drug-likeness (QED) is 0.673. The van der Waals surface area contributed by atoms with Crippen molar-refractivity contribution < 1.29 is 36.2 Å². The molecule has 1 aromatic heterocycles. The van der Waals surface area contributed by atoms with Crippen molar-refractivity contribution in [3.63, 3.8) is 0 Å². The molecule has 0 radical (unpaired) electrons. The highest BCUT2D eigenvalue weighted by Crippen LogP contribution is 2.46. The summed E-state index contributed by atoms with van der Waals surface area (Å²) >= 11 is 0. The number of hydrogen-bond donors (Lipinski definition) is 1. The zero-order valence-corrected chi connectivity index (χ0v) is 18.4. The van der Waals surface area contributed by atoms with Crippen LogP contribution in [-0.4, -0.2) is 86.1 Å². The summed E-state index contributed by atoms with van der Waals surface area (Å²) in [5.41, 5.74) is 0.860. The fourth-order valence-corrected chi connectivity index (χ4v) is 4.93. The van der Waals surface area contributed by atoms with E-state index < -0.39 is 22.2 Å². The molecule has 0 amide bonds. The topological polar surface area (TPSA) is 137 Å². The van der Waals surface area contributed by atoms with Gasteiger partial charge >= 0.3 is 12.1 Å². The molecule has 10 nitrogen and oxygen atoms in total. The molecule has 1 N–H and O–H groups in total. The zero-order valence-electron chi connectivity index (χ0n) is 17.5. The van der Waals surface area contributed by atoms with Crippen LogP contribution in [0.25, 0.3) is 0 Å². The highest BCUT2D eigenvalue weighted by atomic mass is 32.2. The predicted octanol–water partition coefficient (Wildman–Crippen LogP) is 1.11. The minimum atomic E-state index is -5.08. The van der Waals surface area contributed by atoms with Gasteiger partial charge in [-0.25, -0.2) is 27.5 Å². The van der Waals surface area contributed by atoms with Gasteiger partial charge in [0.15, 0.2) is 0 Å². The van der Waals surface area contributed by atoms with Gasteiger partial charge in [-0.15, -0.1) is 0 Å². The Balaban J connectivity index is 0.000000451. The fraction of sp³-hybridized carbons (Fsp3) is 0.667. The van der Waals surface area contributed by atoms with Crippen molar-refractivity contribution in [2.75, 3.05) is 51.1 Å². The van der Waals surface area contributed by atoms with Crippen molar-refractivity contribution in [3.8, 4) is 6.07 Å². The first kappa shape index (κ1) is 25.8. The predicted molar refractivity (Wildman–Crippen MR) is 106 cm³/mol. The number of carbonyl (C=O) groups is 1. The Kier molecular flexibility index (Phi) is 8.02. The summed E-state index contributed by atoms with van der Waals surface area (Å²) in [6.07, 6.45) is 1.33.